The predicted octanol–water partition coefficient (Wildman–Crippen LogP) is 3.51. The fraction of sp³-hybridized carbons (Fsp3) is 0.857. The molecule has 10 nitrogen and oxygen atoms in total. The van der Waals surface area contributed by atoms with E-state index in [0.717, 1.165) is 37.9 Å². The van der Waals surface area contributed by atoms with Crippen molar-refractivity contribution in [2.24, 2.45) is 0 Å². The van der Waals surface area contributed by atoms with Crippen LogP contribution >= 0.6 is 0 Å². The smallest absolute Gasteiger partial charge is 0.323 e. The summed E-state index contributed by atoms with van der Waals surface area (Å²) in [6.45, 7) is 1.46. The monoisotopic (exact) mass is 473 g/mol. The van der Waals surface area contributed by atoms with Crippen LogP contribution in [0.5, 0.6) is 0 Å². The molecule has 0 saturated heterocycles. The Labute approximate surface area is 191 Å². The van der Waals surface area contributed by atoms with Crippen molar-refractivity contribution in [2.45, 2.75) is 115 Å². The van der Waals surface area contributed by atoms with E-state index in [-0.39, 0.29) is 12.8 Å². The van der Waals surface area contributed by atoms with Crippen LogP contribution in [0.25, 0.3) is 0 Å². The Balaban J connectivity index is 1.88. The van der Waals surface area contributed by atoms with E-state index >= 15 is 0 Å². The number of unbranched alkanes of at least 4 members (excludes halogenated alkanes) is 12. The summed E-state index contributed by atoms with van der Waals surface area (Å²) in [5.74, 6) is -1.27. The summed E-state index contributed by atoms with van der Waals surface area (Å²) in [7, 11) is -4.16. The normalized spacial score (nSPS) is 12.5. The van der Waals surface area contributed by atoms with Crippen LogP contribution in [0.3, 0.4) is 0 Å². The van der Waals surface area contributed by atoms with Crippen LogP contribution in [0.15, 0.2) is 0 Å². The van der Waals surface area contributed by atoms with Crippen molar-refractivity contribution >= 4 is 21.9 Å². The quantitative estimate of drug-likeness (QED) is 0.243. The molecule has 1 heterocycles. The van der Waals surface area contributed by atoms with E-state index in [1.807, 2.05) is 4.72 Å². The van der Waals surface area contributed by atoms with Gasteiger partial charge in [0.15, 0.2) is 11.1 Å². The lowest BCUT2D eigenvalue weighted by molar-refractivity contribution is -0.136. The van der Waals surface area contributed by atoms with E-state index in [0.29, 0.717) is 6.42 Å². The first kappa shape index (κ1) is 28.0. The SMILES string of the molecule is CCC(C(=O)O)S(=O)(=O)NC(=O)CCCCCCCCCCCCCCCc1nn[nH]n1. The molecule has 0 aromatic carbocycles. The first-order valence-corrected chi connectivity index (χ1v) is 13.4. The molecule has 3 N–H and O–H groups in total. The number of carboxylic acids is 1. The number of aromatic amines is 1. The van der Waals surface area contributed by atoms with Gasteiger partial charge in [0.1, 0.15) is 0 Å². The third-order valence-electron chi connectivity index (χ3n) is 5.47. The van der Waals surface area contributed by atoms with Gasteiger partial charge in [-0.05, 0) is 19.3 Å². The second-order valence-corrected chi connectivity index (χ2v) is 10.1. The summed E-state index contributed by atoms with van der Waals surface area (Å²) in [6.07, 6.45) is 15.6. The van der Waals surface area contributed by atoms with Gasteiger partial charge >= 0.3 is 5.97 Å². The highest BCUT2D eigenvalue weighted by Crippen LogP contribution is 2.13. The Kier molecular flexibility index (Phi) is 14.5. The number of carboxylic acid groups (broad SMARTS) is 1. The predicted molar refractivity (Wildman–Crippen MR) is 121 cm³/mol. The molecule has 1 amide bonds. The Hall–Kier alpha value is -2.04. The zero-order valence-electron chi connectivity index (χ0n) is 19.2. The molecular formula is C21H39N5O5S. The minimum Gasteiger partial charge on any atom is -0.480 e. The lowest BCUT2D eigenvalue weighted by atomic mass is 10.0. The maximum atomic E-state index is 11.9. The number of aryl methyl sites for hydroxylation is 1. The molecule has 0 radical (unpaired) electrons. The molecule has 0 aliphatic rings. The topological polar surface area (TPSA) is 155 Å². The second-order valence-electron chi connectivity index (χ2n) is 8.23. The van der Waals surface area contributed by atoms with Crippen molar-refractivity contribution in [2.75, 3.05) is 0 Å². The van der Waals surface area contributed by atoms with Crippen molar-refractivity contribution in [3.05, 3.63) is 5.82 Å². The number of amides is 1. The Morgan fingerprint density at radius 1 is 0.906 bits per heavy atom. The van der Waals surface area contributed by atoms with Crippen LogP contribution < -0.4 is 4.72 Å². The van der Waals surface area contributed by atoms with Gasteiger partial charge < -0.3 is 5.11 Å². The molecule has 0 aliphatic carbocycles. The minimum atomic E-state index is -4.16. The highest BCUT2D eigenvalue weighted by Gasteiger charge is 2.31. The van der Waals surface area contributed by atoms with Crippen molar-refractivity contribution in [3.8, 4) is 0 Å². The van der Waals surface area contributed by atoms with Crippen LogP contribution in [0.2, 0.25) is 0 Å². The van der Waals surface area contributed by atoms with Gasteiger partial charge in [0.25, 0.3) is 0 Å². The Morgan fingerprint density at radius 3 is 1.84 bits per heavy atom. The molecule has 0 spiro atoms. The Bertz CT molecular complexity index is 740. The molecular weight excluding hydrogens is 434 g/mol. The van der Waals surface area contributed by atoms with Gasteiger partial charge in [0.05, 0.1) is 0 Å². The number of carbonyl (C=O) groups excluding carboxylic acids is 1. The van der Waals surface area contributed by atoms with Crippen LogP contribution in [0.1, 0.15) is 109 Å². The number of H-pyrrole nitrogens is 1. The molecule has 184 valence electrons. The number of rotatable bonds is 20. The average Bonchev–Trinajstić information content (AvgIpc) is 3.24. The highest BCUT2D eigenvalue weighted by atomic mass is 32.2. The maximum absolute atomic E-state index is 11.9. The fourth-order valence-electron chi connectivity index (χ4n) is 3.61. The molecule has 1 aromatic rings. The van der Waals surface area contributed by atoms with E-state index in [1.165, 1.54) is 58.3 Å². The molecule has 0 bridgehead atoms. The fourth-order valence-corrected chi connectivity index (χ4v) is 4.88. The molecule has 1 atom stereocenters. The third-order valence-corrected chi connectivity index (χ3v) is 7.27. The molecule has 32 heavy (non-hydrogen) atoms. The van der Waals surface area contributed by atoms with Gasteiger partial charge in [0, 0.05) is 12.8 Å². The zero-order chi connectivity index (χ0) is 23.7. The number of nitrogens with one attached hydrogen (secondary N) is 2. The molecule has 11 heteroatoms. The van der Waals surface area contributed by atoms with Crippen LogP contribution in [0.4, 0.5) is 0 Å². The van der Waals surface area contributed by atoms with E-state index in [1.54, 1.807) is 0 Å². The van der Waals surface area contributed by atoms with Crippen molar-refractivity contribution in [3.63, 3.8) is 0 Å². The van der Waals surface area contributed by atoms with Crippen LogP contribution in [-0.4, -0.2) is 51.3 Å². The van der Waals surface area contributed by atoms with Crippen LogP contribution in [0, 0.1) is 0 Å². The zero-order valence-corrected chi connectivity index (χ0v) is 20.0. The molecule has 0 aliphatic heterocycles. The number of nitrogens with zero attached hydrogens (tertiary/aromatic N) is 3. The molecule has 0 fully saturated rings. The van der Waals surface area contributed by atoms with E-state index in [4.69, 9.17) is 5.11 Å². The number of sulfonamides is 1. The second kappa shape index (κ2) is 16.6. The summed E-state index contributed by atoms with van der Waals surface area (Å²) < 4.78 is 25.7. The van der Waals surface area contributed by atoms with Gasteiger partial charge in [-0.25, -0.2) is 8.42 Å². The molecule has 0 saturated carbocycles. The van der Waals surface area contributed by atoms with Gasteiger partial charge in [-0.3, -0.25) is 14.3 Å². The number of hydrogen-bond acceptors (Lipinski definition) is 7. The Morgan fingerprint density at radius 2 is 1.41 bits per heavy atom. The van der Waals surface area contributed by atoms with E-state index in [2.05, 4.69) is 20.6 Å². The molecule has 1 unspecified atom stereocenters. The summed E-state index contributed by atoms with van der Waals surface area (Å²) in [5.41, 5.74) is 0. The minimum absolute atomic E-state index is 0.0828. The summed E-state index contributed by atoms with van der Waals surface area (Å²) >= 11 is 0. The number of hydrogen-bond donors (Lipinski definition) is 3. The third kappa shape index (κ3) is 12.7. The van der Waals surface area contributed by atoms with Gasteiger partial charge in [-0.2, -0.15) is 5.21 Å². The lowest BCUT2D eigenvalue weighted by Gasteiger charge is -2.12. The number of tetrazole rings is 1. The summed E-state index contributed by atoms with van der Waals surface area (Å²) in [6, 6.07) is 0. The number of carbonyl (C=O) groups is 2. The van der Waals surface area contributed by atoms with Crippen molar-refractivity contribution < 1.29 is 23.1 Å². The number of aliphatic carboxylic acids is 1. The summed E-state index contributed by atoms with van der Waals surface area (Å²) in [5, 5.41) is 21.2. The van der Waals surface area contributed by atoms with Crippen molar-refractivity contribution in [1.82, 2.24) is 25.3 Å². The van der Waals surface area contributed by atoms with E-state index < -0.39 is 27.1 Å². The first-order chi connectivity index (χ1) is 15.4. The number of aromatic nitrogens is 4. The highest BCUT2D eigenvalue weighted by molar-refractivity contribution is 7.91. The molecule has 1 rings (SSSR count). The van der Waals surface area contributed by atoms with Crippen molar-refractivity contribution in [1.29, 1.82) is 0 Å². The average molecular weight is 474 g/mol. The van der Waals surface area contributed by atoms with Gasteiger partial charge in [-0.15, -0.1) is 10.2 Å². The first-order valence-electron chi connectivity index (χ1n) is 11.9. The largest absolute Gasteiger partial charge is 0.480 e. The van der Waals surface area contributed by atoms with Gasteiger partial charge in [0.2, 0.25) is 15.9 Å². The summed E-state index contributed by atoms with van der Waals surface area (Å²) in [4.78, 5) is 22.7. The van der Waals surface area contributed by atoms with E-state index in [9.17, 15) is 18.0 Å². The maximum Gasteiger partial charge on any atom is 0.323 e. The van der Waals surface area contributed by atoms with Gasteiger partial charge in [-0.1, -0.05) is 82.8 Å². The lowest BCUT2D eigenvalue weighted by Crippen LogP contribution is -2.41. The van der Waals surface area contributed by atoms with Crippen LogP contribution in [-0.2, 0) is 26.0 Å². The standard InChI is InChI=1S/C21H39N5O5S/c1-2-18(21(28)29)32(30,31)24-20(27)17-15-13-11-9-7-5-3-4-6-8-10-12-14-16-19-22-25-26-23-19/h18H,2-17H2,1H3,(H,24,27)(H,28,29)(H,22,23,25,26). The molecule has 1 aromatic heterocycles.